The predicted octanol–water partition coefficient (Wildman–Crippen LogP) is 4.37. The van der Waals surface area contributed by atoms with E-state index in [-0.39, 0.29) is 11.8 Å². The number of carbonyl (C=O) groups is 2. The van der Waals surface area contributed by atoms with Gasteiger partial charge in [0.2, 0.25) is 5.91 Å². The summed E-state index contributed by atoms with van der Waals surface area (Å²) >= 11 is 1.80. The first kappa shape index (κ1) is 22.6. The van der Waals surface area contributed by atoms with Gasteiger partial charge in [0.1, 0.15) is 0 Å². The van der Waals surface area contributed by atoms with Crippen molar-refractivity contribution in [3.05, 3.63) is 59.4 Å². The molecular weight excluding hydrogens is 458 g/mol. The third-order valence-corrected chi connectivity index (χ3v) is 8.75. The van der Waals surface area contributed by atoms with Crippen LogP contribution < -0.4 is 4.90 Å². The van der Waals surface area contributed by atoms with Crippen LogP contribution in [0, 0.1) is 0 Å². The first-order valence-corrected chi connectivity index (χ1v) is 13.4. The Hall–Kier alpha value is -2.84. The maximum Gasteiger partial charge on any atom is 0.257 e. The smallest absolute Gasteiger partial charge is 0.257 e. The number of hydrogen-bond donors (Lipinski definition) is 0. The van der Waals surface area contributed by atoms with Crippen molar-refractivity contribution in [2.75, 3.05) is 37.6 Å². The van der Waals surface area contributed by atoms with Crippen molar-refractivity contribution >= 4 is 35.0 Å². The molecule has 0 saturated carbocycles. The lowest BCUT2D eigenvalue weighted by molar-refractivity contribution is -0.116. The Morgan fingerprint density at radius 1 is 1.00 bits per heavy atom. The molecule has 2 saturated heterocycles. The average Bonchev–Trinajstić information content (AvgIpc) is 3.63. The molecule has 2 aromatic heterocycles. The zero-order chi connectivity index (χ0) is 23.9. The quantitative estimate of drug-likeness (QED) is 0.510. The highest BCUT2D eigenvalue weighted by atomic mass is 32.2. The molecule has 0 N–H and O–H groups in total. The summed E-state index contributed by atoms with van der Waals surface area (Å²) in [6.07, 6.45) is 9.01. The van der Waals surface area contributed by atoms with E-state index < -0.39 is 0 Å². The van der Waals surface area contributed by atoms with Crippen LogP contribution in [0.2, 0.25) is 0 Å². The molecule has 3 aliphatic heterocycles. The first-order chi connectivity index (χ1) is 17.1. The molecule has 0 spiro atoms. The zero-order valence-corrected chi connectivity index (χ0v) is 21.0. The minimum absolute atomic E-state index is 0.110. The van der Waals surface area contributed by atoms with Gasteiger partial charge >= 0.3 is 0 Å². The van der Waals surface area contributed by atoms with Crippen molar-refractivity contribution in [3.8, 4) is 0 Å². The van der Waals surface area contributed by atoms with E-state index in [1.807, 2.05) is 20.5 Å². The number of amides is 2. The van der Waals surface area contributed by atoms with Gasteiger partial charge in [-0.2, -0.15) is 5.10 Å². The highest BCUT2D eigenvalue weighted by Gasteiger charge is 2.26. The standard InChI is InChI=1S/C27H31N5O2S/c1-19(33)31-14-8-21-4-5-23(17-25(21)31)35-30-12-6-20(7-13-30)22-9-15-32-26(16-22)24(18-28-32)27(34)29-10-2-3-11-29/h4-5,9,15-18,20H,2-3,6-8,10-14H2,1H3. The van der Waals surface area contributed by atoms with E-state index in [0.29, 0.717) is 5.92 Å². The summed E-state index contributed by atoms with van der Waals surface area (Å²) in [6.45, 7) is 6.15. The monoisotopic (exact) mass is 489 g/mol. The molecule has 0 bridgehead atoms. The second-order valence-electron chi connectivity index (χ2n) is 9.85. The molecule has 2 amide bonds. The average molecular weight is 490 g/mol. The number of anilines is 1. The van der Waals surface area contributed by atoms with Crippen LogP contribution in [0.5, 0.6) is 0 Å². The zero-order valence-electron chi connectivity index (χ0n) is 20.2. The van der Waals surface area contributed by atoms with Crippen LogP contribution in [-0.2, 0) is 11.2 Å². The van der Waals surface area contributed by atoms with Crippen LogP contribution in [0.3, 0.4) is 0 Å². The molecule has 3 aromatic rings. The second-order valence-corrected chi connectivity index (χ2v) is 11.0. The van der Waals surface area contributed by atoms with Gasteiger partial charge in [0.25, 0.3) is 5.91 Å². The lowest BCUT2D eigenvalue weighted by Crippen LogP contribution is -2.28. The third kappa shape index (κ3) is 4.34. The SMILES string of the molecule is CC(=O)N1CCc2ccc(SN3CCC(c4ccn5ncc(C(=O)N6CCCC6)c5c4)CC3)cc21. The largest absolute Gasteiger partial charge is 0.339 e. The number of pyridine rings is 1. The molecule has 0 atom stereocenters. The van der Waals surface area contributed by atoms with Gasteiger partial charge in [0.05, 0.1) is 17.3 Å². The molecule has 1 aromatic carbocycles. The van der Waals surface area contributed by atoms with Gasteiger partial charge in [-0.25, -0.2) is 8.82 Å². The molecule has 6 rings (SSSR count). The molecule has 0 unspecified atom stereocenters. The number of piperidine rings is 1. The summed E-state index contributed by atoms with van der Waals surface area (Å²) in [5.74, 6) is 0.709. The van der Waals surface area contributed by atoms with Gasteiger partial charge < -0.3 is 9.80 Å². The Balaban J connectivity index is 1.12. The topological polar surface area (TPSA) is 61.2 Å². The van der Waals surface area contributed by atoms with E-state index in [2.05, 4.69) is 39.7 Å². The van der Waals surface area contributed by atoms with E-state index in [1.165, 1.54) is 16.0 Å². The molecular formula is C27H31N5O2S. The Morgan fingerprint density at radius 2 is 1.80 bits per heavy atom. The van der Waals surface area contributed by atoms with Crippen molar-refractivity contribution in [2.45, 2.75) is 49.8 Å². The number of aromatic nitrogens is 2. The summed E-state index contributed by atoms with van der Waals surface area (Å²) < 4.78 is 4.26. The molecule has 0 aliphatic carbocycles. The number of benzene rings is 1. The van der Waals surface area contributed by atoms with E-state index in [9.17, 15) is 9.59 Å². The molecule has 0 radical (unpaired) electrons. The van der Waals surface area contributed by atoms with Crippen molar-refractivity contribution in [2.24, 2.45) is 0 Å². The number of fused-ring (bicyclic) bond motifs is 2. The van der Waals surface area contributed by atoms with Gasteiger partial charge in [0, 0.05) is 56.4 Å². The van der Waals surface area contributed by atoms with Crippen molar-refractivity contribution in [3.63, 3.8) is 0 Å². The minimum atomic E-state index is 0.110. The number of carbonyl (C=O) groups excluding carboxylic acids is 2. The fourth-order valence-corrected chi connectivity index (χ4v) is 6.66. The molecule has 35 heavy (non-hydrogen) atoms. The summed E-state index contributed by atoms with van der Waals surface area (Å²) in [4.78, 5) is 30.0. The van der Waals surface area contributed by atoms with Crippen LogP contribution in [0.15, 0.2) is 47.6 Å². The molecule has 8 heteroatoms. The highest BCUT2D eigenvalue weighted by molar-refractivity contribution is 7.97. The first-order valence-electron chi connectivity index (χ1n) is 12.7. The third-order valence-electron chi connectivity index (χ3n) is 7.66. The van der Waals surface area contributed by atoms with E-state index in [0.717, 1.165) is 81.6 Å². The second kappa shape index (κ2) is 9.32. The predicted molar refractivity (Wildman–Crippen MR) is 138 cm³/mol. The molecule has 5 heterocycles. The van der Waals surface area contributed by atoms with Crippen molar-refractivity contribution in [1.82, 2.24) is 18.8 Å². The molecule has 7 nitrogen and oxygen atoms in total. The van der Waals surface area contributed by atoms with E-state index in [1.54, 1.807) is 25.1 Å². The van der Waals surface area contributed by atoms with Gasteiger partial charge in [-0.05, 0) is 85.4 Å². The Morgan fingerprint density at radius 3 is 2.57 bits per heavy atom. The maximum atomic E-state index is 13.0. The summed E-state index contributed by atoms with van der Waals surface area (Å²) in [7, 11) is 0. The molecule has 3 aliphatic rings. The number of likely N-dealkylation sites (tertiary alicyclic amines) is 1. The normalized spacial score (nSPS) is 19.0. The van der Waals surface area contributed by atoms with E-state index >= 15 is 0 Å². The molecule has 182 valence electrons. The van der Waals surface area contributed by atoms with E-state index in [4.69, 9.17) is 0 Å². The van der Waals surface area contributed by atoms with Crippen molar-refractivity contribution < 1.29 is 9.59 Å². The number of hydrogen-bond acceptors (Lipinski definition) is 5. The summed E-state index contributed by atoms with van der Waals surface area (Å²) in [6, 6.07) is 10.9. The Labute approximate surface area is 210 Å². The molecule has 2 fully saturated rings. The Kier molecular flexibility index (Phi) is 6.02. The van der Waals surface area contributed by atoms with Crippen LogP contribution in [-0.4, -0.2) is 63.4 Å². The summed E-state index contributed by atoms with van der Waals surface area (Å²) in [5.41, 5.74) is 5.28. The lowest BCUT2D eigenvalue weighted by Gasteiger charge is -2.31. The number of nitrogens with zero attached hydrogens (tertiary/aromatic N) is 5. The maximum absolute atomic E-state index is 13.0. The fraction of sp³-hybridized carbons (Fsp3) is 0.444. The Bertz CT molecular complexity index is 1270. The van der Waals surface area contributed by atoms with Gasteiger partial charge in [-0.1, -0.05) is 6.07 Å². The lowest BCUT2D eigenvalue weighted by atomic mass is 9.90. The van der Waals surface area contributed by atoms with Crippen LogP contribution in [0.4, 0.5) is 5.69 Å². The summed E-state index contributed by atoms with van der Waals surface area (Å²) in [5, 5.41) is 4.43. The minimum Gasteiger partial charge on any atom is -0.339 e. The van der Waals surface area contributed by atoms with Crippen molar-refractivity contribution in [1.29, 1.82) is 0 Å². The van der Waals surface area contributed by atoms with Gasteiger partial charge in [0.15, 0.2) is 0 Å². The van der Waals surface area contributed by atoms with Crippen LogP contribution in [0.1, 0.15) is 60.0 Å². The van der Waals surface area contributed by atoms with Gasteiger partial charge in [-0.3, -0.25) is 9.59 Å². The highest BCUT2D eigenvalue weighted by Crippen LogP contribution is 2.37. The van der Waals surface area contributed by atoms with Crippen LogP contribution in [0.25, 0.3) is 5.52 Å². The fourth-order valence-electron chi connectivity index (χ4n) is 5.68. The van der Waals surface area contributed by atoms with Crippen LogP contribution >= 0.6 is 11.9 Å². The van der Waals surface area contributed by atoms with Gasteiger partial charge in [-0.15, -0.1) is 0 Å². The number of rotatable bonds is 4.